The molecule has 0 radical (unpaired) electrons. The van der Waals surface area contributed by atoms with E-state index in [9.17, 15) is 14.7 Å². The van der Waals surface area contributed by atoms with Gasteiger partial charge in [0.25, 0.3) is 0 Å². The van der Waals surface area contributed by atoms with Crippen LogP contribution in [0.5, 0.6) is 0 Å². The predicted molar refractivity (Wildman–Crippen MR) is 65.5 cm³/mol. The van der Waals surface area contributed by atoms with Crippen LogP contribution in [0.2, 0.25) is 0 Å². The summed E-state index contributed by atoms with van der Waals surface area (Å²) in [6.07, 6.45) is 1.58. The van der Waals surface area contributed by atoms with Gasteiger partial charge in [-0.2, -0.15) is 0 Å². The summed E-state index contributed by atoms with van der Waals surface area (Å²) in [5.41, 5.74) is 0.493. The first-order valence-electron chi connectivity index (χ1n) is 6.27. The molecule has 3 aliphatic heterocycles. The molecule has 19 heavy (non-hydrogen) atoms. The third kappa shape index (κ3) is 2.04. The van der Waals surface area contributed by atoms with Gasteiger partial charge < -0.3 is 15.2 Å². The second kappa shape index (κ2) is 4.43. The van der Waals surface area contributed by atoms with Crippen molar-refractivity contribution >= 4 is 17.6 Å². The second-order valence-electron chi connectivity index (χ2n) is 4.94. The zero-order valence-corrected chi connectivity index (χ0v) is 10.4. The number of aliphatic carboxylic acids is 1. The summed E-state index contributed by atoms with van der Waals surface area (Å²) >= 11 is 0. The first-order valence-corrected chi connectivity index (χ1v) is 6.27. The van der Waals surface area contributed by atoms with E-state index in [0.29, 0.717) is 12.3 Å². The molecule has 0 aromatic heterocycles. The first kappa shape index (κ1) is 12.3. The summed E-state index contributed by atoms with van der Waals surface area (Å²) in [4.78, 5) is 27.2. The highest BCUT2D eigenvalue weighted by atomic mass is 16.5. The SMILES string of the molecule is C[C@@H]1N[C@H](C2=NC3OCCC3C=C2C(=O)O)NC1=O. The van der Waals surface area contributed by atoms with Gasteiger partial charge in [0, 0.05) is 5.92 Å². The van der Waals surface area contributed by atoms with Gasteiger partial charge in [-0.05, 0) is 13.3 Å². The molecule has 3 aliphatic rings. The van der Waals surface area contributed by atoms with E-state index in [1.165, 1.54) is 0 Å². The molecule has 1 amide bonds. The number of nitrogens with zero attached hydrogens (tertiary/aromatic N) is 1. The van der Waals surface area contributed by atoms with E-state index < -0.39 is 12.1 Å². The smallest absolute Gasteiger partial charge is 0.337 e. The van der Waals surface area contributed by atoms with Crippen molar-refractivity contribution in [1.82, 2.24) is 10.6 Å². The van der Waals surface area contributed by atoms with Gasteiger partial charge in [-0.25, -0.2) is 4.79 Å². The van der Waals surface area contributed by atoms with Crippen molar-refractivity contribution in [3.8, 4) is 0 Å². The van der Waals surface area contributed by atoms with Crippen molar-refractivity contribution in [2.75, 3.05) is 6.61 Å². The Labute approximate surface area is 109 Å². The molecule has 0 aromatic rings. The Morgan fingerprint density at radius 1 is 1.58 bits per heavy atom. The molecule has 0 aliphatic carbocycles. The van der Waals surface area contributed by atoms with Gasteiger partial charge in [-0.1, -0.05) is 6.08 Å². The van der Waals surface area contributed by atoms with Crippen LogP contribution in [0.15, 0.2) is 16.6 Å². The van der Waals surface area contributed by atoms with Crippen LogP contribution in [0.25, 0.3) is 0 Å². The van der Waals surface area contributed by atoms with Crippen molar-refractivity contribution in [3.63, 3.8) is 0 Å². The van der Waals surface area contributed by atoms with Crippen molar-refractivity contribution in [3.05, 3.63) is 11.6 Å². The number of dihydropyridines is 1. The monoisotopic (exact) mass is 265 g/mol. The molecule has 0 saturated carbocycles. The van der Waals surface area contributed by atoms with Crippen LogP contribution in [-0.4, -0.2) is 47.7 Å². The first-order chi connectivity index (χ1) is 9.06. The maximum absolute atomic E-state index is 11.5. The molecular formula is C12H15N3O4. The maximum atomic E-state index is 11.5. The number of amides is 1. The molecule has 4 atom stereocenters. The number of carboxylic acids is 1. The highest BCUT2D eigenvalue weighted by molar-refractivity contribution is 6.22. The summed E-state index contributed by atoms with van der Waals surface area (Å²) in [7, 11) is 0. The lowest BCUT2D eigenvalue weighted by Crippen LogP contribution is -2.45. The Kier molecular flexibility index (Phi) is 2.87. The Morgan fingerprint density at radius 3 is 3.00 bits per heavy atom. The van der Waals surface area contributed by atoms with Gasteiger partial charge in [0.1, 0.15) is 6.17 Å². The zero-order valence-electron chi connectivity index (χ0n) is 10.4. The van der Waals surface area contributed by atoms with Crippen LogP contribution in [0.3, 0.4) is 0 Å². The molecule has 0 bridgehead atoms. The maximum Gasteiger partial charge on any atom is 0.337 e. The summed E-state index contributed by atoms with van der Waals surface area (Å²) < 4.78 is 5.46. The standard InChI is InChI=1S/C12H15N3O4/c1-5-10(16)15-9(13-5)8-7(12(17)18)4-6-2-3-19-11(6)14-8/h4-6,9,11,13H,2-3H2,1H3,(H,15,16)(H,17,18)/t5-,6?,9-,11?/m0/s1. The van der Waals surface area contributed by atoms with Crippen LogP contribution < -0.4 is 10.6 Å². The van der Waals surface area contributed by atoms with E-state index in [1.54, 1.807) is 13.0 Å². The van der Waals surface area contributed by atoms with Crippen LogP contribution in [0.1, 0.15) is 13.3 Å². The highest BCUT2D eigenvalue weighted by Crippen LogP contribution is 2.29. The number of aliphatic imine (C=N–C) groups is 1. The van der Waals surface area contributed by atoms with Crippen LogP contribution in [0.4, 0.5) is 0 Å². The number of carbonyl (C=O) groups excluding carboxylic acids is 1. The Morgan fingerprint density at radius 2 is 2.37 bits per heavy atom. The molecule has 2 fully saturated rings. The third-order valence-corrected chi connectivity index (χ3v) is 3.63. The van der Waals surface area contributed by atoms with Gasteiger partial charge in [0.15, 0.2) is 6.23 Å². The quantitative estimate of drug-likeness (QED) is 0.610. The van der Waals surface area contributed by atoms with Crippen LogP contribution in [0, 0.1) is 5.92 Å². The van der Waals surface area contributed by atoms with Crippen LogP contribution in [-0.2, 0) is 14.3 Å². The molecular weight excluding hydrogens is 250 g/mol. The summed E-state index contributed by atoms with van der Waals surface area (Å²) in [6.45, 7) is 2.30. The number of ether oxygens (including phenoxy) is 1. The molecule has 7 nitrogen and oxygen atoms in total. The lowest BCUT2D eigenvalue weighted by Gasteiger charge is -2.24. The average molecular weight is 265 g/mol. The second-order valence-corrected chi connectivity index (χ2v) is 4.94. The normalized spacial score (nSPS) is 37.4. The average Bonchev–Trinajstić information content (AvgIpc) is 2.94. The topological polar surface area (TPSA) is 100 Å². The molecule has 7 heteroatoms. The number of nitrogens with one attached hydrogen (secondary N) is 2. The van der Waals surface area contributed by atoms with Crippen molar-refractivity contribution in [1.29, 1.82) is 0 Å². The molecule has 0 aromatic carbocycles. The summed E-state index contributed by atoms with van der Waals surface area (Å²) in [6, 6.07) is -0.357. The van der Waals surface area contributed by atoms with E-state index >= 15 is 0 Å². The largest absolute Gasteiger partial charge is 0.478 e. The van der Waals surface area contributed by atoms with Gasteiger partial charge in [0.2, 0.25) is 5.91 Å². The molecule has 3 heterocycles. The van der Waals surface area contributed by atoms with Crippen molar-refractivity contribution in [2.45, 2.75) is 31.8 Å². The lowest BCUT2D eigenvalue weighted by atomic mass is 9.95. The van der Waals surface area contributed by atoms with Crippen LogP contribution >= 0.6 is 0 Å². The van der Waals surface area contributed by atoms with Gasteiger partial charge in [-0.15, -0.1) is 0 Å². The Bertz CT molecular complexity index is 499. The highest BCUT2D eigenvalue weighted by Gasteiger charge is 2.39. The molecule has 2 unspecified atom stereocenters. The molecule has 3 N–H and O–H groups in total. The number of carbonyl (C=O) groups is 2. The number of carboxylic acid groups (broad SMARTS) is 1. The number of rotatable bonds is 2. The van der Waals surface area contributed by atoms with E-state index in [4.69, 9.17) is 4.74 Å². The van der Waals surface area contributed by atoms with E-state index in [0.717, 1.165) is 6.42 Å². The summed E-state index contributed by atoms with van der Waals surface area (Å²) in [5, 5.41) is 15.0. The number of hydrogen-bond donors (Lipinski definition) is 3. The fourth-order valence-corrected chi connectivity index (χ4v) is 2.59. The van der Waals surface area contributed by atoms with E-state index in [-0.39, 0.29) is 29.7 Å². The zero-order chi connectivity index (χ0) is 13.6. The van der Waals surface area contributed by atoms with Crippen molar-refractivity contribution < 1.29 is 19.4 Å². The van der Waals surface area contributed by atoms with E-state index in [1.807, 2.05) is 0 Å². The van der Waals surface area contributed by atoms with Crippen molar-refractivity contribution in [2.24, 2.45) is 10.9 Å². The van der Waals surface area contributed by atoms with Gasteiger partial charge in [0.05, 0.1) is 23.9 Å². The fraction of sp³-hybridized carbons (Fsp3) is 0.583. The van der Waals surface area contributed by atoms with E-state index in [2.05, 4.69) is 15.6 Å². The third-order valence-electron chi connectivity index (χ3n) is 3.63. The fourth-order valence-electron chi connectivity index (χ4n) is 2.59. The Balaban J connectivity index is 1.91. The Hall–Kier alpha value is -1.73. The number of fused-ring (bicyclic) bond motifs is 1. The molecule has 0 spiro atoms. The predicted octanol–water partition coefficient (Wildman–Crippen LogP) is -0.751. The minimum absolute atomic E-state index is 0.0179. The number of hydrogen-bond acceptors (Lipinski definition) is 5. The minimum Gasteiger partial charge on any atom is -0.478 e. The minimum atomic E-state index is -1.03. The lowest BCUT2D eigenvalue weighted by molar-refractivity contribution is -0.132. The van der Waals surface area contributed by atoms with Gasteiger partial charge >= 0.3 is 5.97 Å². The molecule has 3 rings (SSSR count). The summed E-state index contributed by atoms with van der Waals surface area (Å²) in [5.74, 6) is -1.17. The molecule has 102 valence electrons. The van der Waals surface area contributed by atoms with Gasteiger partial charge in [-0.3, -0.25) is 15.1 Å². The molecule has 2 saturated heterocycles.